The van der Waals surface area contributed by atoms with Crippen LogP contribution in [0.3, 0.4) is 0 Å². The molecule has 0 amide bonds. The number of hydrogen-bond donors (Lipinski definition) is 3. The highest BCUT2D eigenvalue weighted by Crippen LogP contribution is 2.34. The van der Waals surface area contributed by atoms with Gasteiger partial charge in [-0.15, -0.1) is 5.10 Å². The maximum absolute atomic E-state index is 13.4. The Morgan fingerprint density at radius 1 is 1.15 bits per heavy atom. The number of fused-ring (bicyclic) bond motifs is 1. The number of rotatable bonds is 7. The molecule has 0 bridgehead atoms. The lowest BCUT2D eigenvalue weighted by molar-refractivity contribution is -0.135. The van der Waals surface area contributed by atoms with E-state index in [0.29, 0.717) is 28.6 Å². The summed E-state index contributed by atoms with van der Waals surface area (Å²) < 4.78 is 3.32. The Bertz CT molecular complexity index is 1800. The summed E-state index contributed by atoms with van der Waals surface area (Å²) in [6, 6.07) is 16.2. The molecule has 0 radical (unpaired) electrons. The first-order valence-corrected chi connectivity index (χ1v) is 13.1. The zero-order valence-electron chi connectivity index (χ0n) is 20.8. The van der Waals surface area contributed by atoms with E-state index in [2.05, 4.69) is 30.8 Å². The van der Waals surface area contributed by atoms with Gasteiger partial charge >= 0.3 is 5.97 Å². The largest absolute Gasteiger partial charge is 0.481 e. The monoisotopic (exact) mass is 572 g/mol. The van der Waals surface area contributed by atoms with Crippen LogP contribution in [0.1, 0.15) is 30.4 Å². The number of benzene rings is 2. The number of carboxylic acids is 1. The van der Waals surface area contributed by atoms with Crippen LogP contribution in [-0.4, -0.2) is 50.8 Å². The van der Waals surface area contributed by atoms with Crippen molar-refractivity contribution in [1.82, 2.24) is 34.7 Å². The topological polar surface area (TPSA) is 144 Å². The Morgan fingerprint density at radius 2 is 1.98 bits per heavy atom. The van der Waals surface area contributed by atoms with Gasteiger partial charge in [-0.25, -0.2) is 4.98 Å². The lowest BCUT2D eigenvalue weighted by Crippen LogP contribution is -2.23. The fourth-order valence-electron chi connectivity index (χ4n) is 4.95. The molecule has 0 saturated carbocycles. The van der Waals surface area contributed by atoms with Gasteiger partial charge in [0.2, 0.25) is 0 Å². The lowest BCUT2D eigenvalue weighted by Gasteiger charge is -2.15. The second-order valence-electron chi connectivity index (χ2n) is 9.29. The van der Waals surface area contributed by atoms with Gasteiger partial charge in [0.25, 0.3) is 5.56 Å². The van der Waals surface area contributed by atoms with Crippen LogP contribution < -0.4 is 10.9 Å². The number of hydrogen-bond acceptors (Lipinski definition) is 7. The maximum atomic E-state index is 13.4. The smallest absolute Gasteiger partial charge is 0.310 e. The molecule has 0 saturated heterocycles. The predicted molar refractivity (Wildman–Crippen MR) is 153 cm³/mol. The molecular weight excluding hydrogens is 552 g/mol. The number of H-pyrrole nitrogens is 1. The summed E-state index contributed by atoms with van der Waals surface area (Å²) in [5.41, 5.74) is 5.37. The van der Waals surface area contributed by atoms with Gasteiger partial charge in [0.1, 0.15) is 12.2 Å². The average Bonchev–Trinajstić information content (AvgIpc) is 3.69. The van der Waals surface area contributed by atoms with Crippen LogP contribution in [-0.2, 0) is 11.2 Å². The third-order valence-electron chi connectivity index (χ3n) is 6.70. The van der Waals surface area contributed by atoms with Crippen molar-refractivity contribution in [2.45, 2.75) is 25.3 Å². The number of aromatic amines is 1. The number of halogens is 1. The quantitative estimate of drug-likeness (QED) is 0.243. The third-order valence-corrected chi connectivity index (χ3v) is 7.18. The highest BCUT2D eigenvalue weighted by molar-refractivity contribution is 7.80. The van der Waals surface area contributed by atoms with E-state index in [4.69, 9.17) is 28.9 Å². The van der Waals surface area contributed by atoms with Gasteiger partial charge in [-0.2, -0.15) is 4.68 Å². The number of imidazole rings is 1. The zero-order valence-corrected chi connectivity index (χ0v) is 22.4. The molecular formula is C27H21ClN8O3S. The van der Waals surface area contributed by atoms with Gasteiger partial charge in [-0.3, -0.25) is 9.59 Å². The summed E-state index contributed by atoms with van der Waals surface area (Å²) in [6.07, 6.45) is 4.45. The number of aromatic nitrogens is 7. The zero-order chi connectivity index (χ0) is 27.8. The number of nitrogens with zero attached hydrogens (tertiary/aromatic N) is 6. The number of anilines is 1. The van der Waals surface area contributed by atoms with Crippen LogP contribution in [0.4, 0.5) is 5.69 Å². The summed E-state index contributed by atoms with van der Waals surface area (Å²) in [4.78, 5) is 32.5. The van der Waals surface area contributed by atoms with E-state index in [1.54, 1.807) is 29.0 Å². The van der Waals surface area contributed by atoms with E-state index in [0.717, 1.165) is 34.5 Å². The van der Waals surface area contributed by atoms with Crippen molar-refractivity contribution in [2.75, 3.05) is 5.32 Å². The Kier molecular flexibility index (Phi) is 6.70. The average molecular weight is 573 g/mol. The van der Waals surface area contributed by atoms with E-state index >= 15 is 0 Å². The van der Waals surface area contributed by atoms with E-state index < -0.39 is 5.97 Å². The standard InChI is InChI=1S/C27H21ClN8O3S/c28-17-3-7-22(35-14-30-33-34-35)20(11-17)16-9-19-6-8-23(36(19)25(37)10-16)27-29-13-21(32-27)15-1-4-18(5-2-15)31-24(40)12-26(38)39/h1-5,7,9-11,13-14,23H,6,8,12H2,(H,29,32)(H,31,40)(H,38,39)/t23-/m0/s1. The molecule has 40 heavy (non-hydrogen) atoms. The number of aliphatic carboxylic acids is 1. The fraction of sp³-hybridized carbons (Fsp3) is 0.148. The number of carbonyl (C=O) groups is 1. The molecule has 0 fully saturated rings. The minimum absolute atomic E-state index is 0.136. The van der Waals surface area contributed by atoms with E-state index in [1.807, 2.05) is 36.4 Å². The van der Waals surface area contributed by atoms with Gasteiger partial charge in [-0.05, 0) is 70.8 Å². The highest BCUT2D eigenvalue weighted by atomic mass is 35.5. The van der Waals surface area contributed by atoms with Crippen molar-refractivity contribution in [3.05, 3.63) is 94.0 Å². The molecule has 4 heterocycles. The second-order valence-corrected chi connectivity index (χ2v) is 10.2. The van der Waals surface area contributed by atoms with Crippen LogP contribution in [0.5, 0.6) is 0 Å². The van der Waals surface area contributed by atoms with Gasteiger partial charge in [-0.1, -0.05) is 36.0 Å². The highest BCUT2D eigenvalue weighted by Gasteiger charge is 2.28. The molecule has 200 valence electrons. The number of thiocarbonyl (C=S) groups is 1. The summed E-state index contributed by atoms with van der Waals surface area (Å²) in [5, 5.41) is 23.8. The van der Waals surface area contributed by atoms with Crippen LogP contribution in [0.15, 0.2) is 71.9 Å². The van der Waals surface area contributed by atoms with Crippen LogP contribution >= 0.6 is 23.8 Å². The molecule has 1 atom stereocenters. The fourth-order valence-corrected chi connectivity index (χ4v) is 5.36. The first-order chi connectivity index (χ1) is 19.4. The van der Waals surface area contributed by atoms with Crippen LogP contribution in [0.2, 0.25) is 5.02 Å². The van der Waals surface area contributed by atoms with E-state index in [9.17, 15) is 9.59 Å². The van der Waals surface area contributed by atoms with E-state index in [1.165, 1.54) is 11.0 Å². The maximum Gasteiger partial charge on any atom is 0.310 e. The van der Waals surface area contributed by atoms with Crippen LogP contribution in [0.25, 0.3) is 28.1 Å². The lowest BCUT2D eigenvalue weighted by atomic mass is 10.0. The molecule has 13 heteroatoms. The predicted octanol–water partition coefficient (Wildman–Crippen LogP) is 4.28. The third kappa shape index (κ3) is 5.01. The molecule has 2 aromatic carbocycles. The van der Waals surface area contributed by atoms with Crippen molar-refractivity contribution < 1.29 is 9.90 Å². The normalized spacial score (nSPS) is 14.2. The molecule has 0 aliphatic carbocycles. The molecule has 1 aliphatic heterocycles. The summed E-state index contributed by atoms with van der Waals surface area (Å²) in [7, 11) is 0. The minimum atomic E-state index is -0.985. The van der Waals surface area contributed by atoms with Crippen molar-refractivity contribution >= 4 is 40.5 Å². The van der Waals surface area contributed by atoms with Gasteiger partial charge < -0.3 is 20.0 Å². The molecule has 6 rings (SSSR count). The van der Waals surface area contributed by atoms with Crippen LogP contribution in [0, 0.1) is 0 Å². The molecule has 11 nitrogen and oxygen atoms in total. The van der Waals surface area contributed by atoms with Gasteiger partial charge in [0.05, 0.1) is 35.0 Å². The molecule has 0 unspecified atom stereocenters. The Balaban J connectivity index is 1.26. The molecule has 1 aliphatic rings. The molecule has 0 spiro atoms. The Labute approximate surface area is 237 Å². The SMILES string of the molecule is O=C(O)CC(=S)Nc1ccc(-c2cnc([C@@H]3CCc4cc(-c5cc(Cl)ccc5-n5cnnn5)cc(=O)n43)[nH]2)cc1. The van der Waals surface area contributed by atoms with Crippen molar-refractivity contribution in [1.29, 1.82) is 0 Å². The van der Waals surface area contributed by atoms with Gasteiger partial charge in [0.15, 0.2) is 0 Å². The number of tetrazole rings is 1. The van der Waals surface area contributed by atoms with E-state index in [-0.39, 0.29) is 23.0 Å². The van der Waals surface area contributed by atoms with Crippen molar-refractivity contribution in [3.8, 4) is 28.1 Å². The number of nitrogens with one attached hydrogen (secondary N) is 2. The molecule has 3 aromatic heterocycles. The Morgan fingerprint density at radius 3 is 2.73 bits per heavy atom. The summed E-state index contributed by atoms with van der Waals surface area (Å²) in [5.74, 6) is -0.285. The number of carboxylic acid groups (broad SMARTS) is 1. The Hall–Kier alpha value is -4.68. The first-order valence-electron chi connectivity index (χ1n) is 12.3. The van der Waals surface area contributed by atoms with Crippen molar-refractivity contribution in [2.24, 2.45) is 0 Å². The molecule has 3 N–H and O–H groups in total. The molecule has 5 aromatic rings. The number of pyridine rings is 1. The number of aryl methyl sites for hydroxylation is 1. The first kappa shape index (κ1) is 25.6. The minimum Gasteiger partial charge on any atom is -0.481 e. The summed E-state index contributed by atoms with van der Waals surface area (Å²) in [6.45, 7) is 0. The second kappa shape index (κ2) is 10.5. The van der Waals surface area contributed by atoms with Gasteiger partial charge in [0, 0.05) is 28.0 Å². The van der Waals surface area contributed by atoms with Crippen molar-refractivity contribution in [3.63, 3.8) is 0 Å². The summed E-state index contributed by atoms with van der Waals surface area (Å²) >= 11 is 11.4.